The summed E-state index contributed by atoms with van der Waals surface area (Å²) in [5, 5.41) is 9.43. The van der Waals surface area contributed by atoms with Crippen LogP contribution < -0.4 is 0 Å². The molecule has 0 atom stereocenters. The Labute approximate surface area is 170 Å². The Morgan fingerprint density at radius 1 is 0.643 bits per heavy atom. The number of rotatable bonds is 8. The van der Waals surface area contributed by atoms with E-state index in [1.807, 2.05) is 6.07 Å². The van der Waals surface area contributed by atoms with Gasteiger partial charge in [-0.05, 0) is 70.2 Å². The van der Waals surface area contributed by atoms with Gasteiger partial charge < -0.3 is 5.11 Å². The summed E-state index contributed by atoms with van der Waals surface area (Å²) in [5.41, 5.74) is 10.3. The van der Waals surface area contributed by atoms with Gasteiger partial charge in [0.25, 0.3) is 0 Å². The SMILES string of the molecule is CCCCc1ccc(-c2ccc(-c3ccc(CO)cc3CC)cc2CC)cc1. The third kappa shape index (κ3) is 4.54. The lowest BCUT2D eigenvalue weighted by molar-refractivity contribution is 0.282. The van der Waals surface area contributed by atoms with Crippen molar-refractivity contribution in [3.8, 4) is 22.3 Å². The van der Waals surface area contributed by atoms with Crippen LogP contribution in [0, 0.1) is 0 Å². The smallest absolute Gasteiger partial charge is 0.0681 e. The third-order valence-electron chi connectivity index (χ3n) is 5.61. The van der Waals surface area contributed by atoms with Gasteiger partial charge in [-0.15, -0.1) is 0 Å². The fraction of sp³-hybridized carbons (Fsp3) is 0.333. The van der Waals surface area contributed by atoms with E-state index < -0.39 is 0 Å². The highest BCUT2D eigenvalue weighted by Gasteiger charge is 2.10. The molecule has 0 bridgehead atoms. The van der Waals surface area contributed by atoms with Crippen molar-refractivity contribution in [1.82, 2.24) is 0 Å². The summed E-state index contributed by atoms with van der Waals surface area (Å²) in [7, 11) is 0. The van der Waals surface area contributed by atoms with Crippen LogP contribution in [0.4, 0.5) is 0 Å². The molecular formula is C27H32O. The van der Waals surface area contributed by atoms with Gasteiger partial charge in [0.1, 0.15) is 0 Å². The third-order valence-corrected chi connectivity index (χ3v) is 5.61. The zero-order valence-corrected chi connectivity index (χ0v) is 17.5. The molecule has 0 radical (unpaired) electrons. The minimum Gasteiger partial charge on any atom is -0.392 e. The molecule has 0 unspecified atom stereocenters. The normalized spacial score (nSPS) is 11.0. The zero-order valence-electron chi connectivity index (χ0n) is 17.5. The molecule has 3 rings (SSSR count). The molecule has 0 aromatic heterocycles. The van der Waals surface area contributed by atoms with Crippen LogP contribution in [-0.2, 0) is 25.9 Å². The zero-order chi connectivity index (χ0) is 19.9. The largest absolute Gasteiger partial charge is 0.392 e. The van der Waals surface area contributed by atoms with E-state index in [4.69, 9.17) is 0 Å². The summed E-state index contributed by atoms with van der Waals surface area (Å²) in [4.78, 5) is 0. The maximum Gasteiger partial charge on any atom is 0.0681 e. The summed E-state index contributed by atoms with van der Waals surface area (Å²) < 4.78 is 0. The highest BCUT2D eigenvalue weighted by molar-refractivity contribution is 5.75. The molecular weight excluding hydrogens is 340 g/mol. The Bertz CT molecular complexity index is 906. The second-order valence-electron chi connectivity index (χ2n) is 7.53. The number of hydrogen-bond acceptors (Lipinski definition) is 1. The van der Waals surface area contributed by atoms with Gasteiger partial charge in [0.05, 0.1) is 6.61 Å². The Hall–Kier alpha value is -2.38. The molecule has 1 N–H and O–H groups in total. The van der Waals surface area contributed by atoms with Crippen LogP contribution in [0.15, 0.2) is 60.7 Å². The lowest BCUT2D eigenvalue weighted by Gasteiger charge is -2.14. The van der Waals surface area contributed by atoms with E-state index in [0.717, 1.165) is 18.4 Å². The van der Waals surface area contributed by atoms with E-state index in [-0.39, 0.29) is 6.61 Å². The first-order valence-corrected chi connectivity index (χ1v) is 10.6. The van der Waals surface area contributed by atoms with Crippen molar-refractivity contribution >= 4 is 0 Å². The van der Waals surface area contributed by atoms with Crippen molar-refractivity contribution < 1.29 is 5.11 Å². The highest BCUT2D eigenvalue weighted by Crippen LogP contribution is 2.32. The quantitative estimate of drug-likeness (QED) is 0.452. The second-order valence-corrected chi connectivity index (χ2v) is 7.53. The van der Waals surface area contributed by atoms with Crippen LogP contribution >= 0.6 is 0 Å². The maximum atomic E-state index is 9.43. The molecule has 0 aliphatic heterocycles. The fourth-order valence-corrected chi connectivity index (χ4v) is 3.89. The van der Waals surface area contributed by atoms with Gasteiger partial charge in [-0.3, -0.25) is 0 Å². The maximum absolute atomic E-state index is 9.43. The van der Waals surface area contributed by atoms with Gasteiger partial charge in [0, 0.05) is 0 Å². The van der Waals surface area contributed by atoms with Gasteiger partial charge in [-0.2, -0.15) is 0 Å². The van der Waals surface area contributed by atoms with Gasteiger partial charge in [-0.1, -0.05) is 87.9 Å². The van der Waals surface area contributed by atoms with Crippen molar-refractivity contribution in [2.45, 2.75) is 59.5 Å². The lowest BCUT2D eigenvalue weighted by Crippen LogP contribution is -1.94. The van der Waals surface area contributed by atoms with E-state index in [1.165, 1.54) is 58.2 Å². The van der Waals surface area contributed by atoms with E-state index in [0.29, 0.717) is 0 Å². The molecule has 0 spiro atoms. The van der Waals surface area contributed by atoms with Crippen molar-refractivity contribution in [1.29, 1.82) is 0 Å². The van der Waals surface area contributed by atoms with Crippen LogP contribution in [0.3, 0.4) is 0 Å². The average molecular weight is 373 g/mol. The molecule has 0 aliphatic rings. The standard InChI is InChI=1S/C27H32O/c1-4-7-8-20-9-12-24(13-10-20)26-16-14-25(18-23(26)6-3)27-15-11-21(19-28)17-22(27)5-2/h9-18,28H,4-8,19H2,1-3H3. The van der Waals surface area contributed by atoms with Gasteiger partial charge in [-0.25, -0.2) is 0 Å². The van der Waals surface area contributed by atoms with Gasteiger partial charge in [0.15, 0.2) is 0 Å². The van der Waals surface area contributed by atoms with Crippen molar-refractivity contribution in [3.63, 3.8) is 0 Å². The Kier molecular flexibility index (Phi) is 7.06. The molecule has 1 nitrogen and oxygen atoms in total. The number of hydrogen-bond donors (Lipinski definition) is 1. The second kappa shape index (κ2) is 9.71. The molecule has 1 heteroatoms. The molecule has 0 heterocycles. The van der Waals surface area contributed by atoms with Crippen LogP contribution in [0.25, 0.3) is 22.3 Å². The summed E-state index contributed by atoms with van der Waals surface area (Å²) in [6.45, 7) is 6.74. The predicted octanol–water partition coefficient (Wildman–Crippen LogP) is 6.98. The fourth-order valence-electron chi connectivity index (χ4n) is 3.89. The highest BCUT2D eigenvalue weighted by atomic mass is 16.3. The number of benzene rings is 3. The molecule has 3 aromatic carbocycles. The van der Waals surface area contributed by atoms with E-state index in [1.54, 1.807) is 0 Å². The molecule has 0 fully saturated rings. The number of unbranched alkanes of at least 4 members (excludes halogenated alkanes) is 1. The monoisotopic (exact) mass is 372 g/mol. The molecule has 28 heavy (non-hydrogen) atoms. The van der Waals surface area contributed by atoms with Crippen LogP contribution in [-0.4, -0.2) is 5.11 Å². The van der Waals surface area contributed by atoms with Gasteiger partial charge in [0.2, 0.25) is 0 Å². The summed E-state index contributed by atoms with van der Waals surface area (Å²) in [6.07, 6.45) is 5.63. The molecule has 0 saturated heterocycles. The summed E-state index contributed by atoms with van der Waals surface area (Å²) in [6, 6.07) is 22.3. The predicted molar refractivity (Wildman–Crippen MR) is 121 cm³/mol. The van der Waals surface area contributed by atoms with Crippen LogP contribution in [0.1, 0.15) is 55.9 Å². The average Bonchev–Trinajstić information content (AvgIpc) is 2.77. The lowest BCUT2D eigenvalue weighted by atomic mass is 9.90. The summed E-state index contributed by atoms with van der Waals surface area (Å²) in [5.74, 6) is 0. The number of aliphatic hydroxyl groups excluding tert-OH is 1. The van der Waals surface area contributed by atoms with E-state index in [9.17, 15) is 5.11 Å². The van der Waals surface area contributed by atoms with Crippen LogP contribution in [0.5, 0.6) is 0 Å². The minimum absolute atomic E-state index is 0.0979. The van der Waals surface area contributed by atoms with Crippen molar-refractivity contribution in [3.05, 3.63) is 82.9 Å². The topological polar surface area (TPSA) is 20.2 Å². The first-order valence-electron chi connectivity index (χ1n) is 10.6. The Balaban J connectivity index is 1.95. The Morgan fingerprint density at radius 3 is 1.86 bits per heavy atom. The molecule has 0 amide bonds. The molecule has 146 valence electrons. The summed E-state index contributed by atoms with van der Waals surface area (Å²) >= 11 is 0. The first-order chi connectivity index (χ1) is 13.7. The van der Waals surface area contributed by atoms with Gasteiger partial charge >= 0.3 is 0 Å². The van der Waals surface area contributed by atoms with E-state index in [2.05, 4.69) is 75.4 Å². The Morgan fingerprint density at radius 2 is 1.21 bits per heavy atom. The molecule has 0 aliphatic carbocycles. The number of aliphatic hydroxyl groups is 1. The van der Waals surface area contributed by atoms with Crippen molar-refractivity contribution in [2.24, 2.45) is 0 Å². The number of aryl methyl sites for hydroxylation is 3. The van der Waals surface area contributed by atoms with E-state index >= 15 is 0 Å². The first kappa shape index (κ1) is 20.4. The van der Waals surface area contributed by atoms with Crippen molar-refractivity contribution in [2.75, 3.05) is 0 Å². The molecule has 0 saturated carbocycles. The minimum atomic E-state index is 0.0979. The molecule has 3 aromatic rings. The van der Waals surface area contributed by atoms with Crippen LogP contribution in [0.2, 0.25) is 0 Å².